The number of para-hydroxylation sites is 2. The fourth-order valence-corrected chi connectivity index (χ4v) is 11.4. The summed E-state index contributed by atoms with van der Waals surface area (Å²) in [4.78, 5) is 5.99. The van der Waals surface area contributed by atoms with Crippen LogP contribution in [0, 0.1) is 11.8 Å². The minimum atomic E-state index is 0.0242. The molecule has 0 fully saturated rings. The normalized spacial score (nSPS) is 19.3. The van der Waals surface area contributed by atoms with Crippen LogP contribution in [0.3, 0.4) is 0 Å². The molecule has 1 aliphatic rings. The molecule has 0 saturated heterocycles. The van der Waals surface area contributed by atoms with E-state index in [2.05, 4.69) is 200 Å². The van der Waals surface area contributed by atoms with Crippen LogP contribution in [-0.4, -0.2) is 10.3 Å². The van der Waals surface area contributed by atoms with Gasteiger partial charge in [0.05, 0.1) is 22.8 Å². The highest BCUT2D eigenvalue weighted by Crippen LogP contribution is 2.47. The van der Waals surface area contributed by atoms with Gasteiger partial charge in [-0.3, -0.25) is 4.99 Å². The second-order valence-electron chi connectivity index (χ2n) is 18.1. The van der Waals surface area contributed by atoms with Crippen LogP contribution in [0.25, 0.3) is 92.9 Å². The fraction of sp³-hybridized carbons (Fsp3) is 0.150. The van der Waals surface area contributed by atoms with Gasteiger partial charge in [0.1, 0.15) is 16.7 Å². The highest BCUT2D eigenvalue weighted by Gasteiger charge is 2.35. The Morgan fingerprint density at radius 2 is 1.19 bits per heavy atom. The zero-order chi connectivity index (χ0) is 42.5. The Balaban J connectivity index is 1.11. The molecule has 0 saturated carbocycles. The van der Waals surface area contributed by atoms with Gasteiger partial charge in [-0.2, -0.15) is 0 Å². The molecule has 13 rings (SSSR count). The van der Waals surface area contributed by atoms with E-state index in [-0.39, 0.29) is 17.9 Å². The van der Waals surface area contributed by atoms with Gasteiger partial charge >= 0.3 is 0 Å². The number of aliphatic imine (C=N–C) groups is 1. The zero-order valence-electron chi connectivity index (χ0n) is 36.0. The third-order valence-electron chi connectivity index (χ3n) is 14.5. The van der Waals surface area contributed by atoms with E-state index in [9.17, 15) is 0 Å². The quantitative estimate of drug-likeness (QED) is 0.173. The van der Waals surface area contributed by atoms with Gasteiger partial charge in [0, 0.05) is 49.5 Å². The molecule has 4 atom stereocenters. The SMILES string of the molecule is CCC1/C(c2cccc3oc4ccccc4c23)=N\C(c2ccccc2)C(C)CCC1c1cc(-n2c3ccccc3c3cc4ccccc4cc32)c2oc3cc4ccccc4cc3c2c1. The molecule has 1 aliphatic heterocycles. The van der Waals surface area contributed by atoms with Gasteiger partial charge in [-0.1, -0.05) is 141 Å². The predicted octanol–water partition coefficient (Wildman–Crippen LogP) is 16.7. The average molecular weight is 827 g/mol. The van der Waals surface area contributed by atoms with E-state index in [1.807, 2.05) is 0 Å². The van der Waals surface area contributed by atoms with Crippen LogP contribution in [-0.2, 0) is 0 Å². The first-order valence-electron chi connectivity index (χ1n) is 22.9. The van der Waals surface area contributed by atoms with Gasteiger partial charge in [-0.25, -0.2) is 0 Å². The summed E-state index contributed by atoms with van der Waals surface area (Å²) in [6, 6.07) is 66.5. The monoisotopic (exact) mass is 826 g/mol. The highest BCUT2D eigenvalue weighted by atomic mass is 16.3. The molecule has 4 heterocycles. The van der Waals surface area contributed by atoms with E-state index in [1.54, 1.807) is 0 Å². The number of hydrogen-bond donors (Lipinski definition) is 0. The number of aromatic nitrogens is 1. The minimum Gasteiger partial charge on any atom is -0.456 e. The summed E-state index contributed by atoms with van der Waals surface area (Å²) < 4.78 is 16.2. The summed E-state index contributed by atoms with van der Waals surface area (Å²) in [7, 11) is 0. The fourth-order valence-electron chi connectivity index (χ4n) is 11.4. The molecular weight excluding hydrogens is 781 g/mol. The molecular formula is C60H46N2O2. The summed E-state index contributed by atoms with van der Waals surface area (Å²) in [5.41, 5.74) is 12.0. The third-order valence-corrected chi connectivity index (χ3v) is 14.5. The number of benzene rings is 9. The molecule has 308 valence electrons. The molecule has 4 heteroatoms. The van der Waals surface area contributed by atoms with Gasteiger partial charge < -0.3 is 13.4 Å². The van der Waals surface area contributed by atoms with E-state index in [0.29, 0.717) is 5.92 Å². The Morgan fingerprint density at radius 1 is 0.516 bits per heavy atom. The summed E-state index contributed by atoms with van der Waals surface area (Å²) in [6.07, 6.45) is 2.99. The Kier molecular flexibility index (Phi) is 8.46. The number of fused-ring (bicyclic) bond motifs is 11. The van der Waals surface area contributed by atoms with Gasteiger partial charge in [0.15, 0.2) is 5.58 Å². The number of nitrogens with zero attached hydrogens (tertiary/aromatic N) is 2. The van der Waals surface area contributed by atoms with E-state index >= 15 is 0 Å². The smallest absolute Gasteiger partial charge is 0.159 e. The van der Waals surface area contributed by atoms with Crippen molar-refractivity contribution in [3.05, 3.63) is 199 Å². The maximum Gasteiger partial charge on any atom is 0.159 e. The number of rotatable bonds is 5. The zero-order valence-corrected chi connectivity index (χ0v) is 36.0. The van der Waals surface area contributed by atoms with Crippen LogP contribution in [0.4, 0.5) is 0 Å². The molecule has 4 unspecified atom stereocenters. The van der Waals surface area contributed by atoms with Crippen molar-refractivity contribution in [1.82, 2.24) is 4.57 Å². The van der Waals surface area contributed by atoms with Crippen molar-refractivity contribution < 1.29 is 8.83 Å². The average Bonchev–Trinajstić information content (AvgIpc) is 4.00. The second-order valence-corrected chi connectivity index (χ2v) is 18.1. The van der Waals surface area contributed by atoms with Gasteiger partial charge in [0.2, 0.25) is 0 Å². The van der Waals surface area contributed by atoms with Crippen LogP contribution in [0.15, 0.2) is 196 Å². The van der Waals surface area contributed by atoms with Crippen molar-refractivity contribution in [3.8, 4) is 5.69 Å². The lowest BCUT2D eigenvalue weighted by atomic mass is 9.73. The summed E-state index contributed by atoms with van der Waals surface area (Å²) in [5, 5.41) is 11.9. The van der Waals surface area contributed by atoms with Crippen molar-refractivity contribution >= 4 is 92.9 Å². The van der Waals surface area contributed by atoms with Crippen molar-refractivity contribution in [2.24, 2.45) is 16.8 Å². The Bertz CT molecular complexity index is 3830. The Hall–Kier alpha value is -7.43. The van der Waals surface area contributed by atoms with Crippen LogP contribution in [0.5, 0.6) is 0 Å². The molecule has 3 aromatic heterocycles. The van der Waals surface area contributed by atoms with Crippen LogP contribution >= 0.6 is 0 Å². The van der Waals surface area contributed by atoms with Gasteiger partial charge in [-0.15, -0.1) is 0 Å². The van der Waals surface area contributed by atoms with Crippen molar-refractivity contribution in [2.75, 3.05) is 0 Å². The van der Waals surface area contributed by atoms with E-state index in [1.165, 1.54) is 60.0 Å². The molecule has 9 aromatic carbocycles. The topological polar surface area (TPSA) is 43.6 Å². The highest BCUT2D eigenvalue weighted by molar-refractivity contribution is 6.20. The molecule has 0 bridgehead atoms. The Labute approximate surface area is 371 Å². The lowest BCUT2D eigenvalue weighted by Gasteiger charge is -2.35. The lowest BCUT2D eigenvalue weighted by molar-refractivity contribution is 0.362. The lowest BCUT2D eigenvalue weighted by Crippen LogP contribution is -2.28. The van der Waals surface area contributed by atoms with E-state index < -0.39 is 0 Å². The van der Waals surface area contributed by atoms with Crippen LogP contribution < -0.4 is 0 Å². The molecule has 12 aromatic rings. The molecule has 0 spiro atoms. The largest absolute Gasteiger partial charge is 0.456 e. The van der Waals surface area contributed by atoms with Crippen LogP contribution in [0.2, 0.25) is 0 Å². The van der Waals surface area contributed by atoms with Crippen molar-refractivity contribution in [1.29, 1.82) is 0 Å². The summed E-state index contributed by atoms with van der Waals surface area (Å²) >= 11 is 0. The van der Waals surface area contributed by atoms with Crippen LogP contribution in [0.1, 0.15) is 61.8 Å². The van der Waals surface area contributed by atoms with E-state index in [4.69, 9.17) is 13.8 Å². The molecule has 0 radical (unpaired) electrons. The predicted molar refractivity (Wildman–Crippen MR) is 267 cm³/mol. The van der Waals surface area contributed by atoms with Crippen molar-refractivity contribution in [3.63, 3.8) is 0 Å². The number of furan rings is 2. The summed E-state index contributed by atoms with van der Waals surface area (Å²) in [5.74, 6) is 0.594. The van der Waals surface area contributed by atoms with Crippen molar-refractivity contribution in [2.45, 2.75) is 45.1 Å². The maximum absolute atomic E-state index is 7.14. The first-order chi connectivity index (χ1) is 31.6. The molecule has 0 N–H and O–H groups in total. The molecule has 0 aliphatic carbocycles. The maximum atomic E-state index is 7.14. The Morgan fingerprint density at radius 3 is 1.98 bits per heavy atom. The van der Waals surface area contributed by atoms with E-state index in [0.717, 1.165) is 74.5 Å². The second kappa shape index (κ2) is 14.6. The molecule has 64 heavy (non-hydrogen) atoms. The minimum absolute atomic E-state index is 0.0242. The van der Waals surface area contributed by atoms with Gasteiger partial charge in [-0.05, 0) is 118 Å². The first kappa shape index (κ1) is 37.2. The molecule has 0 amide bonds. The van der Waals surface area contributed by atoms with Gasteiger partial charge in [0.25, 0.3) is 0 Å². The number of hydrogen-bond acceptors (Lipinski definition) is 3. The molecule has 4 nitrogen and oxygen atoms in total. The standard InChI is InChI=1S/C60H46N2O2/c1-3-43-44(29-28-36(2)58(37-16-5-4-6-17-37)61-59(43)47-24-15-27-55-57(47)46-23-12-14-26-54(46)63-55)42-32-50-49-31-39-19-8-10-21-41(39)35-56(49)64-60(50)53(34-42)62-51-25-13-11-22-45(51)48-30-38-18-7-9-20-40(38)33-52(48)62/h4-27,30-36,43-44,58H,3,28-29H2,1-2H3/b61-59+. The third kappa shape index (κ3) is 5.71. The first-order valence-corrected chi connectivity index (χ1v) is 22.9. The summed E-state index contributed by atoms with van der Waals surface area (Å²) in [6.45, 7) is 4.77.